The number of carbonyl (C=O) groups excluding carboxylic acids is 1. The van der Waals surface area contributed by atoms with Crippen molar-refractivity contribution in [2.45, 2.75) is 12.5 Å². The van der Waals surface area contributed by atoms with Crippen LogP contribution in [0.4, 0.5) is 4.39 Å². The molecule has 1 saturated heterocycles. The number of ether oxygens (including phenoxy) is 3. The predicted octanol–water partition coefficient (Wildman–Crippen LogP) is 3.85. The van der Waals surface area contributed by atoms with E-state index >= 15 is 0 Å². The third-order valence-corrected chi connectivity index (χ3v) is 4.93. The second-order valence-electron chi connectivity index (χ2n) is 6.50. The number of hydrogen-bond acceptors (Lipinski definition) is 4. The molecular weight excluding hydrogens is 373 g/mol. The van der Waals surface area contributed by atoms with E-state index < -0.39 is 0 Å². The summed E-state index contributed by atoms with van der Waals surface area (Å²) in [6, 6.07) is 9.43. The molecule has 1 unspecified atom stereocenters. The highest BCUT2D eigenvalue weighted by Crippen LogP contribution is 2.38. The lowest BCUT2D eigenvalue weighted by atomic mass is 10.1. The molecule has 1 atom stereocenters. The molecule has 1 amide bonds. The lowest BCUT2D eigenvalue weighted by molar-refractivity contribution is -0.0228. The molecule has 0 aromatic heterocycles. The highest BCUT2D eigenvalue weighted by atomic mass is 35.5. The first-order valence-electron chi connectivity index (χ1n) is 8.87. The molecule has 1 fully saturated rings. The van der Waals surface area contributed by atoms with E-state index in [1.807, 2.05) is 0 Å². The van der Waals surface area contributed by atoms with Crippen LogP contribution in [0.3, 0.4) is 0 Å². The van der Waals surface area contributed by atoms with Crippen molar-refractivity contribution >= 4 is 17.5 Å². The van der Waals surface area contributed by atoms with E-state index in [4.69, 9.17) is 25.8 Å². The van der Waals surface area contributed by atoms with Crippen LogP contribution in [0.2, 0.25) is 5.02 Å². The van der Waals surface area contributed by atoms with E-state index in [2.05, 4.69) is 0 Å². The summed E-state index contributed by atoms with van der Waals surface area (Å²) in [5.74, 6) is 0.524. The van der Waals surface area contributed by atoms with Gasteiger partial charge in [0, 0.05) is 18.5 Å². The third kappa shape index (κ3) is 3.87. The minimum atomic E-state index is -0.302. The second-order valence-corrected chi connectivity index (χ2v) is 6.91. The van der Waals surface area contributed by atoms with Gasteiger partial charge in [-0.05, 0) is 29.8 Å². The number of benzene rings is 2. The molecule has 142 valence electrons. The van der Waals surface area contributed by atoms with E-state index in [1.165, 1.54) is 12.1 Å². The van der Waals surface area contributed by atoms with Crippen LogP contribution in [-0.2, 0) is 4.74 Å². The molecule has 2 aliphatic heterocycles. The van der Waals surface area contributed by atoms with Crippen molar-refractivity contribution in [3.8, 4) is 11.5 Å². The van der Waals surface area contributed by atoms with Crippen molar-refractivity contribution in [3.63, 3.8) is 0 Å². The molecule has 0 N–H and O–H groups in total. The maximum Gasteiger partial charge on any atom is 0.254 e. The van der Waals surface area contributed by atoms with E-state index in [0.717, 1.165) is 12.0 Å². The van der Waals surface area contributed by atoms with E-state index in [-0.39, 0.29) is 17.8 Å². The number of rotatable bonds is 2. The number of nitrogens with zero attached hydrogens (tertiary/aromatic N) is 1. The first-order chi connectivity index (χ1) is 13.1. The Bertz CT molecular complexity index is 843. The molecule has 2 aromatic carbocycles. The topological polar surface area (TPSA) is 48.0 Å². The van der Waals surface area contributed by atoms with Crippen LogP contribution in [0.15, 0.2) is 36.4 Å². The fourth-order valence-electron chi connectivity index (χ4n) is 3.25. The van der Waals surface area contributed by atoms with Crippen LogP contribution in [0.1, 0.15) is 28.4 Å². The summed E-state index contributed by atoms with van der Waals surface area (Å²) >= 11 is 6.31. The molecule has 0 saturated carbocycles. The largest absolute Gasteiger partial charge is 0.489 e. The SMILES string of the molecule is O=C(c1cc(Cl)c2c(c1)OCCCO2)N1CCOC(c2ccc(F)cc2)C1. The fourth-order valence-corrected chi connectivity index (χ4v) is 3.51. The Kier molecular flexibility index (Phi) is 5.18. The van der Waals surface area contributed by atoms with E-state index in [9.17, 15) is 9.18 Å². The normalized spacial score (nSPS) is 19.5. The minimum Gasteiger partial charge on any atom is -0.489 e. The van der Waals surface area contributed by atoms with Crippen LogP contribution >= 0.6 is 11.6 Å². The van der Waals surface area contributed by atoms with Crippen LogP contribution in [0.25, 0.3) is 0 Å². The Labute approximate surface area is 161 Å². The van der Waals surface area contributed by atoms with Gasteiger partial charge in [-0.3, -0.25) is 4.79 Å². The zero-order valence-electron chi connectivity index (χ0n) is 14.6. The molecular formula is C20H19ClFNO4. The van der Waals surface area contributed by atoms with Gasteiger partial charge in [-0.15, -0.1) is 0 Å². The molecule has 0 aliphatic carbocycles. The molecule has 2 aromatic rings. The Morgan fingerprint density at radius 1 is 1.11 bits per heavy atom. The highest BCUT2D eigenvalue weighted by Gasteiger charge is 2.28. The molecule has 5 nitrogen and oxygen atoms in total. The fraction of sp³-hybridized carbons (Fsp3) is 0.350. The van der Waals surface area contributed by atoms with Gasteiger partial charge < -0.3 is 19.1 Å². The average molecular weight is 392 g/mol. The van der Waals surface area contributed by atoms with Crippen molar-refractivity contribution in [2.75, 3.05) is 32.9 Å². The molecule has 2 aliphatic rings. The maximum absolute atomic E-state index is 13.1. The Morgan fingerprint density at radius 2 is 1.89 bits per heavy atom. The molecule has 4 rings (SSSR count). The summed E-state index contributed by atoms with van der Waals surface area (Å²) in [7, 11) is 0. The van der Waals surface area contributed by atoms with Gasteiger partial charge in [-0.1, -0.05) is 23.7 Å². The van der Waals surface area contributed by atoms with Gasteiger partial charge in [0.15, 0.2) is 11.5 Å². The van der Waals surface area contributed by atoms with Crippen molar-refractivity contribution in [2.24, 2.45) is 0 Å². The van der Waals surface area contributed by atoms with E-state index in [0.29, 0.717) is 55.0 Å². The van der Waals surface area contributed by atoms with Crippen LogP contribution < -0.4 is 9.47 Å². The lowest BCUT2D eigenvalue weighted by Gasteiger charge is -2.33. The first-order valence-corrected chi connectivity index (χ1v) is 9.25. The van der Waals surface area contributed by atoms with Gasteiger partial charge in [0.25, 0.3) is 5.91 Å². The molecule has 7 heteroatoms. The van der Waals surface area contributed by atoms with Gasteiger partial charge in [0.1, 0.15) is 11.9 Å². The monoisotopic (exact) mass is 391 g/mol. The van der Waals surface area contributed by atoms with Crippen molar-refractivity contribution in [1.82, 2.24) is 4.90 Å². The zero-order chi connectivity index (χ0) is 18.8. The summed E-state index contributed by atoms with van der Waals surface area (Å²) in [4.78, 5) is 14.7. The predicted molar refractivity (Wildman–Crippen MR) is 98.1 cm³/mol. The Morgan fingerprint density at radius 3 is 2.70 bits per heavy atom. The van der Waals surface area contributed by atoms with Crippen molar-refractivity contribution < 1.29 is 23.4 Å². The third-order valence-electron chi connectivity index (χ3n) is 4.64. The molecule has 0 radical (unpaired) electrons. The smallest absolute Gasteiger partial charge is 0.254 e. The van der Waals surface area contributed by atoms with Gasteiger partial charge >= 0.3 is 0 Å². The number of morpholine rings is 1. The summed E-state index contributed by atoms with van der Waals surface area (Å²) in [5, 5.41) is 0.362. The lowest BCUT2D eigenvalue weighted by Crippen LogP contribution is -2.42. The quantitative estimate of drug-likeness (QED) is 0.780. The van der Waals surface area contributed by atoms with Gasteiger partial charge in [0.05, 0.1) is 31.4 Å². The van der Waals surface area contributed by atoms with Crippen LogP contribution in [-0.4, -0.2) is 43.7 Å². The summed E-state index contributed by atoms with van der Waals surface area (Å²) in [5.41, 5.74) is 1.29. The molecule has 0 spiro atoms. The second kappa shape index (κ2) is 7.74. The first kappa shape index (κ1) is 18.1. The summed E-state index contributed by atoms with van der Waals surface area (Å²) < 4.78 is 30.2. The van der Waals surface area contributed by atoms with Gasteiger partial charge in [-0.2, -0.15) is 0 Å². The van der Waals surface area contributed by atoms with Crippen LogP contribution in [0, 0.1) is 5.82 Å². The number of hydrogen-bond donors (Lipinski definition) is 0. The molecule has 0 bridgehead atoms. The molecule has 2 heterocycles. The Balaban J connectivity index is 1.54. The van der Waals surface area contributed by atoms with Crippen LogP contribution in [0.5, 0.6) is 11.5 Å². The van der Waals surface area contributed by atoms with E-state index in [1.54, 1.807) is 29.2 Å². The van der Waals surface area contributed by atoms with Gasteiger partial charge in [0.2, 0.25) is 0 Å². The molecule has 27 heavy (non-hydrogen) atoms. The number of carbonyl (C=O) groups is 1. The maximum atomic E-state index is 13.1. The number of halogens is 2. The Hall–Kier alpha value is -2.31. The van der Waals surface area contributed by atoms with Crippen molar-refractivity contribution in [3.05, 3.63) is 58.4 Å². The summed E-state index contributed by atoms with van der Waals surface area (Å²) in [6.07, 6.45) is 0.469. The number of fused-ring (bicyclic) bond motifs is 1. The zero-order valence-corrected chi connectivity index (χ0v) is 15.4. The average Bonchev–Trinajstić information content (AvgIpc) is 2.94. The number of amides is 1. The van der Waals surface area contributed by atoms with Gasteiger partial charge in [-0.25, -0.2) is 4.39 Å². The highest BCUT2D eigenvalue weighted by molar-refractivity contribution is 6.32. The standard InChI is InChI=1S/C20H19ClFNO4/c21-16-10-14(11-17-19(16)27-8-1-7-25-17)20(24)23-6-9-26-18(12-23)13-2-4-15(22)5-3-13/h2-5,10-11,18H,1,6-9,12H2. The minimum absolute atomic E-state index is 0.150. The van der Waals surface area contributed by atoms with Crippen molar-refractivity contribution in [1.29, 1.82) is 0 Å². The summed E-state index contributed by atoms with van der Waals surface area (Å²) in [6.45, 7) is 2.32.